The fraction of sp³-hybridized carbons (Fsp3) is 0.533. The zero-order valence-corrected chi connectivity index (χ0v) is 11.9. The highest BCUT2D eigenvalue weighted by Crippen LogP contribution is 2.19. The molecular formula is C15H24N2O. The summed E-state index contributed by atoms with van der Waals surface area (Å²) in [4.78, 5) is 14.0. The smallest absolute Gasteiger partial charge is 0.238 e. The van der Waals surface area contributed by atoms with Gasteiger partial charge < -0.3 is 5.32 Å². The Balaban J connectivity index is 2.54. The molecule has 0 radical (unpaired) electrons. The van der Waals surface area contributed by atoms with Crippen LogP contribution in [-0.2, 0) is 4.79 Å². The first-order chi connectivity index (χ1) is 8.54. The monoisotopic (exact) mass is 248 g/mol. The molecule has 0 spiro atoms. The Morgan fingerprint density at radius 1 is 1.28 bits per heavy atom. The van der Waals surface area contributed by atoms with Crippen molar-refractivity contribution in [1.82, 2.24) is 4.90 Å². The molecule has 0 aliphatic carbocycles. The van der Waals surface area contributed by atoms with E-state index in [0.717, 1.165) is 36.2 Å². The van der Waals surface area contributed by atoms with Gasteiger partial charge in [-0.05, 0) is 45.0 Å². The van der Waals surface area contributed by atoms with Crippen LogP contribution in [0.1, 0.15) is 30.9 Å². The third-order valence-corrected chi connectivity index (χ3v) is 3.05. The average molecular weight is 248 g/mol. The SMILES string of the molecule is CCCCN(C)CC(=O)Nc1c(C)cccc1C. The van der Waals surface area contributed by atoms with E-state index in [1.807, 2.05) is 39.1 Å². The molecule has 1 amide bonds. The van der Waals surface area contributed by atoms with Crippen LogP contribution in [0.15, 0.2) is 18.2 Å². The maximum Gasteiger partial charge on any atom is 0.238 e. The number of aryl methyl sites for hydroxylation is 2. The fourth-order valence-corrected chi connectivity index (χ4v) is 1.94. The summed E-state index contributed by atoms with van der Waals surface area (Å²) in [7, 11) is 1.99. The van der Waals surface area contributed by atoms with Gasteiger partial charge in [0.1, 0.15) is 0 Å². The third kappa shape index (κ3) is 4.49. The molecule has 3 nitrogen and oxygen atoms in total. The minimum atomic E-state index is 0.0611. The van der Waals surface area contributed by atoms with Crippen LogP contribution in [0.4, 0.5) is 5.69 Å². The second kappa shape index (κ2) is 7.17. The summed E-state index contributed by atoms with van der Waals surface area (Å²) in [5, 5.41) is 3.01. The number of amides is 1. The first kappa shape index (κ1) is 14.7. The topological polar surface area (TPSA) is 32.3 Å². The van der Waals surface area contributed by atoms with Crippen LogP contribution in [0, 0.1) is 13.8 Å². The Kier molecular flexibility index (Phi) is 5.86. The van der Waals surface area contributed by atoms with E-state index in [1.54, 1.807) is 0 Å². The Hall–Kier alpha value is -1.35. The van der Waals surface area contributed by atoms with Crippen LogP contribution in [0.2, 0.25) is 0 Å². The molecule has 18 heavy (non-hydrogen) atoms. The van der Waals surface area contributed by atoms with Crippen LogP contribution >= 0.6 is 0 Å². The van der Waals surface area contributed by atoms with E-state index < -0.39 is 0 Å². The number of rotatable bonds is 6. The van der Waals surface area contributed by atoms with E-state index in [-0.39, 0.29) is 5.91 Å². The normalized spacial score (nSPS) is 10.7. The molecule has 1 N–H and O–H groups in total. The molecule has 1 aromatic rings. The van der Waals surface area contributed by atoms with Gasteiger partial charge in [-0.15, -0.1) is 0 Å². The van der Waals surface area contributed by atoms with Crippen molar-refractivity contribution >= 4 is 11.6 Å². The molecule has 0 fully saturated rings. The average Bonchev–Trinajstić information content (AvgIpc) is 2.31. The summed E-state index contributed by atoms with van der Waals surface area (Å²) < 4.78 is 0. The maximum atomic E-state index is 11.9. The number of likely N-dealkylation sites (N-methyl/N-ethyl adjacent to an activating group) is 1. The largest absolute Gasteiger partial charge is 0.324 e. The number of carbonyl (C=O) groups excluding carboxylic acids is 1. The van der Waals surface area contributed by atoms with Crippen molar-refractivity contribution in [2.24, 2.45) is 0 Å². The molecule has 0 aliphatic rings. The predicted octanol–water partition coefficient (Wildman–Crippen LogP) is 2.97. The zero-order valence-electron chi connectivity index (χ0n) is 11.9. The molecule has 3 heteroatoms. The minimum absolute atomic E-state index is 0.0611. The molecule has 0 heterocycles. The molecule has 1 aromatic carbocycles. The number of nitrogens with zero attached hydrogens (tertiary/aromatic N) is 1. The Morgan fingerprint density at radius 2 is 1.89 bits per heavy atom. The molecule has 0 aliphatic heterocycles. The lowest BCUT2D eigenvalue weighted by molar-refractivity contribution is -0.117. The summed E-state index contributed by atoms with van der Waals surface area (Å²) in [6.07, 6.45) is 2.29. The first-order valence-corrected chi connectivity index (χ1v) is 6.59. The highest BCUT2D eigenvalue weighted by molar-refractivity contribution is 5.93. The summed E-state index contributed by atoms with van der Waals surface area (Å²) >= 11 is 0. The second-order valence-corrected chi connectivity index (χ2v) is 4.91. The van der Waals surface area contributed by atoms with E-state index in [0.29, 0.717) is 6.54 Å². The molecule has 100 valence electrons. The Labute approximate surface area is 110 Å². The van der Waals surface area contributed by atoms with Crippen LogP contribution in [0.5, 0.6) is 0 Å². The van der Waals surface area contributed by atoms with Gasteiger partial charge >= 0.3 is 0 Å². The molecule has 0 atom stereocenters. The van der Waals surface area contributed by atoms with Crippen molar-refractivity contribution in [1.29, 1.82) is 0 Å². The van der Waals surface area contributed by atoms with Gasteiger partial charge in [-0.1, -0.05) is 31.5 Å². The fourth-order valence-electron chi connectivity index (χ4n) is 1.94. The van der Waals surface area contributed by atoms with Gasteiger partial charge in [0.15, 0.2) is 0 Å². The number of anilines is 1. The molecule has 0 unspecified atom stereocenters. The maximum absolute atomic E-state index is 11.9. The summed E-state index contributed by atoms with van der Waals surface area (Å²) in [5.41, 5.74) is 3.17. The molecule has 1 rings (SSSR count). The molecular weight excluding hydrogens is 224 g/mol. The summed E-state index contributed by atoms with van der Waals surface area (Å²) in [6, 6.07) is 6.04. The second-order valence-electron chi connectivity index (χ2n) is 4.91. The van der Waals surface area contributed by atoms with E-state index in [2.05, 4.69) is 17.1 Å². The number of hydrogen-bond donors (Lipinski definition) is 1. The number of benzene rings is 1. The van der Waals surface area contributed by atoms with Gasteiger partial charge in [-0.3, -0.25) is 9.69 Å². The van der Waals surface area contributed by atoms with E-state index in [1.165, 1.54) is 0 Å². The minimum Gasteiger partial charge on any atom is -0.324 e. The van der Waals surface area contributed by atoms with Crippen LogP contribution in [0.3, 0.4) is 0 Å². The van der Waals surface area contributed by atoms with Crippen LogP contribution in [-0.4, -0.2) is 30.9 Å². The van der Waals surface area contributed by atoms with E-state index in [4.69, 9.17) is 0 Å². The lowest BCUT2D eigenvalue weighted by Gasteiger charge is -2.17. The van der Waals surface area contributed by atoms with Gasteiger partial charge in [-0.25, -0.2) is 0 Å². The quantitative estimate of drug-likeness (QED) is 0.839. The molecule has 0 saturated heterocycles. The van der Waals surface area contributed by atoms with E-state index in [9.17, 15) is 4.79 Å². The molecule has 0 aromatic heterocycles. The summed E-state index contributed by atoms with van der Waals surface area (Å²) in [5.74, 6) is 0.0611. The van der Waals surface area contributed by atoms with Gasteiger partial charge in [0, 0.05) is 5.69 Å². The third-order valence-electron chi connectivity index (χ3n) is 3.05. The Bertz CT molecular complexity index is 381. The Morgan fingerprint density at radius 3 is 2.44 bits per heavy atom. The number of carbonyl (C=O) groups is 1. The lowest BCUT2D eigenvalue weighted by Crippen LogP contribution is -2.31. The molecule has 0 saturated carbocycles. The lowest BCUT2D eigenvalue weighted by atomic mass is 10.1. The van der Waals surface area contributed by atoms with Crippen LogP contribution < -0.4 is 5.32 Å². The first-order valence-electron chi connectivity index (χ1n) is 6.59. The van der Waals surface area contributed by atoms with Crippen molar-refractivity contribution < 1.29 is 4.79 Å². The molecule has 0 bridgehead atoms. The van der Waals surface area contributed by atoms with Gasteiger partial charge in [0.25, 0.3) is 0 Å². The van der Waals surface area contributed by atoms with Gasteiger partial charge in [0.05, 0.1) is 6.54 Å². The highest BCUT2D eigenvalue weighted by atomic mass is 16.2. The number of para-hydroxylation sites is 1. The van der Waals surface area contributed by atoms with Crippen molar-refractivity contribution in [3.8, 4) is 0 Å². The van der Waals surface area contributed by atoms with Crippen molar-refractivity contribution in [2.75, 3.05) is 25.5 Å². The highest BCUT2D eigenvalue weighted by Gasteiger charge is 2.09. The zero-order chi connectivity index (χ0) is 13.5. The van der Waals surface area contributed by atoms with Crippen molar-refractivity contribution in [3.05, 3.63) is 29.3 Å². The number of unbranched alkanes of at least 4 members (excludes halogenated alkanes) is 1. The summed E-state index contributed by atoms with van der Waals surface area (Å²) in [6.45, 7) is 7.61. The van der Waals surface area contributed by atoms with E-state index >= 15 is 0 Å². The van der Waals surface area contributed by atoms with Crippen molar-refractivity contribution in [3.63, 3.8) is 0 Å². The van der Waals surface area contributed by atoms with Crippen molar-refractivity contribution in [2.45, 2.75) is 33.6 Å². The van der Waals surface area contributed by atoms with Gasteiger partial charge in [0.2, 0.25) is 5.91 Å². The predicted molar refractivity (Wildman–Crippen MR) is 77.0 cm³/mol. The number of nitrogens with one attached hydrogen (secondary N) is 1. The standard InChI is InChI=1S/C15H24N2O/c1-5-6-10-17(4)11-14(18)16-15-12(2)8-7-9-13(15)3/h7-9H,5-6,10-11H2,1-4H3,(H,16,18). The van der Waals surface area contributed by atoms with Crippen LogP contribution in [0.25, 0.3) is 0 Å². The van der Waals surface area contributed by atoms with Gasteiger partial charge in [-0.2, -0.15) is 0 Å². The number of hydrogen-bond acceptors (Lipinski definition) is 2.